The number of rotatable bonds is 2. The summed E-state index contributed by atoms with van der Waals surface area (Å²) < 4.78 is 3.32. The van der Waals surface area contributed by atoms with Gasteiger partial charge in [-0.05, 0) is 0 Å². The maximum atomic E-state index is 2.51. The molecule has 0 amide bonds. The molecule has 0 spiro atoms. The van der Waals surface area contributed by atoms with Crippen LogP contribution in [0.15, 0.2) is 48.5 Å². The van der Waals surface area contributed by atoms with E-state index in [4.69, 9.17) is 0 Å². The summed E-state index contributed by atoms with van der Waals surface area (Å²) in [5.74, 6) is 0. The van der Waals surface area contributed by atoms with E-state index >= 15 is 0 Å². The Bertz CT molecular complexity index is 1060. The van der Waals surface area contributed by atoms with Crippen LogP contribution in [0.25, 0.3) is 11.1 Å². The van der Waals surface area contributed by atoms with E-state index in [1.165, 1.54) is 32.7 Å². The van der Waals surface area contributed by atoms with Gasteiger partial charge in [-0.3, -0.25) is 0 Å². The topological polar surface area (TPSA) is 0 Å². The molecule has 2 aromatic carbocycles. The summed E-state index contributed by atoms with van der Waals surface area (Å²) in [7, 11) is 0. The van der Waals surface area contributed by atoms with Crippen molar-refractivity contribution in [3.63, 3.8) is 0 Å². The minimum absolute atomic E-state index is 0. The molecule has 4 rings (SSSR count). The van der Waals surface area contributed by atoms with Crippen molar-refractivity contribution in [3.8, 4) is 11.1 Å². The van der Waals surface area contributed by atoms with Crippen molar-refractivity contribution < 1.29 is 0 Å². The molecule has 1 aliphatic rings. The molecule has 0 N–H and O–H groups in total. The summed E-state index contributed by atoms with van der Waals surface area (Å²) in [4.78, 5) is 16.3. The maximum absolute atomic E-state index is 2.51. The zero-order valence-electron chi connectivity index (χ0n) is 20.5. The molecule has 0 bridgehead atoms. The van der Waals surface area contributed by atoms with E-state index in [-0.39, 0.29) is 35.1 Å². The Morgan fingerprint density at radius 3 is 1.53 bits per heavy atom. The van der Waals surface area contributed by atoms with Crippen LogP contribution in [0.2, 0.25) is 29.6 Å². The van der Waals surface area contributed by atoms with E-state index in [0.29, 0.717) is 0 Å². The molecule has 192 valence electrons. The quantitative estimate of drug-likeness (QED) is 0.234. The standard InChI is InChI=1S/C16H15.C5H5S.4CH4.6CH3.2Sn/c1-11-8-9-13-12-6-4-5-7-14(12)16(2,3)15(13)10-11;1-5-3-2-4-6-5;;;;;;;;;;;;/h4,6-10H,1-3H3;2-3H,1H3;4*1H4;6*1H3;;. The van der Waals surface area contributed by atoms with Gasteiger partial charge in [-0.15, -0.1) is 0 Å². The van der Waals surface area contributed by atoms with Crippen LogP contribution in [0.4, 0.5) is 0 Å². The zero-order chi connectivity index (χ0) is 22.5. The molecule has 1 aliphatic carbocycles. The molecule has 0 unspecified atom stereocenters. The van der Waals surface area contributed by atoms with Crippen molar-refractivity contribution in [1.82, 2.24) is 0 Å². The van der Waals surface area contributed by atoms with Gasteiger partial charge in [-0.1, -0.05) is 29.7 Å². The molecule has 0 fully saturated rings. The van der Waals surface area contributed by atoms with Gasteiger partial charge in [0.05, 0.1) is 0 Å². The van der Waals surface area contributed by atoms with Crippen molar-refractivity contribution in [2.75, 3.05) is 0 Å². The third kappa shape index (κ3) is 7.62. The number of fused-ring (bicyclic) bond motifs is 3. The fourth-order valence-electron chi connectivity index (χ4n) is 4.16. The molecule has 34 heavy (non-hydrogen) atoms. The first kappa shape index (κ1) is 35.9. The Kier molecular flexibility index (Phi) is 13.5. The Hall–Kier alpha value is -0.263. The van der Waals surface area contributed by atoms with Gasteiger partial charge in [-0.2, -0.15) is 0 Å². The molecule has 1 aromatic heterocycles. The van der Waals surface area contributed by atoms with Crippen LogP contribution in [0.3, 0.4) is 0 Å². The molecule has 0 aliphatic heterocycles. The number of hydrogen-bond donors (Lipinski definition) is 0. The SMILES string of the molecule is C.C.C.C.Cc1cc[c]([Sn]([CH3])([CH3])[CH3])s1.Cc1ccc2c(c1)C(C)(C)c1c[c]([Sn]([CH3])([CH3])[CH3])ccc1-2. The average Bonchev–Trinajstić information content (AvgIpc) is 3.15. The summed E-state index contributed by atoms with van der Waals surface area (Å²) in [6.07, 6.45) is 0. The van der Waals surface area contributed by atoms with E-state index in [1.54, 1.807) is 6.47 Å². The van der Waals surface area contributed by atoms with Gasteiger partial charge < -0.3 is 0 Å². The van der Waals surface area contributed by atoms with Gasteiger partial charge in [-0.25, -0.2) is 0 Å². The first-order valence-corrected chi connectivity index (χ1v) is 31.8. The monoisotopic (exact) mass is 698 g/mol. The van der Waals surface area contributed by atoms with Crippen molar-refractivity contribution in [1.29, 1.82) is 0 Å². The van der Waals surface area contributed by atoms with Crippen LogP contribution in [0.5, 0.6) is 0 Å². The summed E-state index contributed by atoms with van der Waals surface area (Å²) in [6, 6.07) is 18.7. The number of hydrogen-bond acceptors (Lipinski definition) is 1. The fraction of sp³-hybridized carbons (Fsp3) is 0.484. The van der Waals surface area contributed by atoms with E-state index < -0.39 is 36.8 Å². The first-order chi connectivity index (χ1) is 13.7. The molecule has 0 saturated carbocycles. The third-order valence-corrected chi connectivity index (χ3v) is 22.5. The zero-order valence-corrected chi connectivity index (χ0v) is 27.1. The van der Waals surface area contributed by atoms with Gasteiger partial charge >= 0.3 is 199 Å². The predicted molar refractivity (Wildman–Crippen MR) is 171 cm³/mol. The molecule has 0 saturated heterocycles. The summed E-state index contributed by atoms with van der Waals surface area (Å²) in [6.45, 7) is 9.13. The second-order valence-electron chi connectivity index (χ2n) is 11.3. The Morgan fingerprint density at radius 1 is 0.618 bits per heavy atom. The van der Waals surface area contributed by atoms with Crippen molar-refractivity contribution in [2.24, 2.45) is 0 Å². The Morgan fingerprint density at radius 2 is 1.12 bits per heavy atom. The van der Waals surface area contributed by atoms with Crippen LogP contribution in [0.1, 0.15) is 65.1 Å². The van der Waals surface area contributed by atoms with Crippen molar-refractivity contribution in [3.05, 3.63) is 70.1 Å². The fourth-order valence-corrected chi connectivity index (χ4v) is 14.1. The van der Waals surface area contributed by atoms with Gasteiger partial charge in [0.2, 0.25) is 0 Å². The average molecular weight is 696 g/mol. The van der Waals surface area contributed by atoms with E-state index in [0.717, 1.165) is 0 Å². The first-order valence-electron chi connectivity index (χ1n) is 11.0. The van der Waals surface area contributed by atoms with Crippen LogP contribution >= 0.6 is 11.3 Å². The predicted octanol–water partition coefficient (Wildman–Crippen LogP) is 9.99. The normalized spacial score (nSPS) is 12.9. The number of benzene rings is 2. The van der Waals surface area contributed by atoms with Gasteiger partial charge in [0.15, 0.2) is 0 Å². The molecular formula is C31H54SSn2. The van der Waals surface area contributed by atoms with E-state index in [1.807, 2.05) is 11.3 Å². The van der Waals surface area contributed by atoms with Crippen molar-refractivity contribution >= 4 is 54.6 Å². The molecule has 0 nitrogen and oxygen atoms in total. The number of thiophene rings is 1. The van der Waals surface area contributed by atoms with E-state index in [9.17, 15) is 0 Å². The molecule has 1 heterocycles. The summed E-state index contributed by atoms with van der Waals surface area (Å²) in [5.41, 5.74) is 7.41. The van der Waals surface area contributed by atoms with Crippen LogP contribution < -0.4 is 6.47 Å². The van der Waals surface area contributed by atoms with Crippen LogP contribution in [-0.4, -0.2) is 36.8 Å². The molecule has 0 atom stereocenters. The Labute approximate surface area is 226 Å². The number of aryl methyl sites for hydroxylation is 2. The van der Waals surface area contributed by atoms with Crippen molar-refractivity contribution in [2.45, 2.75) is 92.5 Å². The van der Waals surface area contributed by atoms with Gasteiger partial charge in [0.25, 0.3) is 0 Å². The summed E-state index contributed by atoms with van der Waals surface area (Å²) in [5, 5.41) is 0. The second-order valence-corrected chi connectivity index (χ2v) is 42.5. The molecule has 0 radical (unpaired) electrons. The second kappa shape index (κ2) is 12.8. The van der Waals surface area contributed by atoms with E-state index in [2.05, 4.69) is 106 Å². The minimum atomic E-state index is -2.00. The molecule has 3 aromatic rings. The summed E-state index contributed by atoms with van der Waals surface area (Å²) >= 11 is -1.68. The van der Waals surface area contributed by atoms with Crippen LogP contribution in [0, 0.1) is 13.8 Å². The Balaban J connectivity index is 0. The molecule has 3 heteroatoms. The van der Waals surface area contributed by atoms with Gasteiger partial charge in [0.1, 0.15) is 0 Å². The van der Waals surface area contributed by atoms with Gasteiger partial charge in [0, 0.05) is 0 Å². The van der Waals surface area contributed by atoms with Crippen LogP contribution in [-0.2, 0) is 5.41 Å². The molecular weight excluding hydrogens is 642 g/mol. The third-order valence-electron chi connectivity index (χ3n) is 6.18.